The maximum atomic E-state index is 12.6. The molecule has 2 N–H and O–H groups in total. The Bertz CT molecular complexity index is 679. The Morgan fingerprint density at radius 1 is 1.12 bits per heavy atom. The number of carbonyl (C=O) groups is 1. The lowest BCUT2D eigenvalue weighted by Crippen LogP contribution is -2.41. The largest absolute Gasteiger partial charge is 0.356 e. The van der Waals surface area contributed by atoms with Crippen LogP contribution in [0.15, 0.2) is 35.2 Å². The Hall–Kier alpha value is -1.44. The third-order valence-electron chi connectivity index (χ3n) is 5.48. The molecule has 7 heteroatoms. The van der Waals surface area contributed by atoms with E-state index in [0.717, 1.165) is 32.4 Å². The van der Waals surface area contributed by atoms with Crippen molar-refractivity contribution in [2.45, 2.75) is 37.0 Å². The molecule has 1 aromatic rings. The van der Waals surface area contributed by atoms with Crippen LogP contribution in [0.25, 0.3) is 0 Å². The highest BCUT2D eigenvalue weighted by atomic mass is 32.2. The van der Waals surface area contributed by atoms with Crippen LogP contribution in [0.2, 0.25) is 0 Å². The fourth-order valence-corrected chi connectivity index (χ4v) is 5.23. The molecular formula is C19H29N3O3S. The summed E-state index contributed by atoms with van der Waals surface area (Å²) in [5, 5.41) is 6.36. The SMILES string of the molecule is O=C(CCC1CCNC1)NCC1CCN(S(=O)(=O)c2ccccc2)CC1. The molecule has 144 valence electrons. The van der Waals surface area contributed by atoms with E-state index >= 15 is 0 Å². The molecule has 2 fully saturated rings. The Morgan fingerprint density at radius 3 is 2.50 bits per heavy atom. The molecule has 0 radical (unpaired) electrons. The minimum Gasteiger partial charge on any atom is -0.356 e. The molecule has 2 saturated heterocycles. The monoisotopic (exact) mass is 379 g/mol. The zero-order valence-corrected chi connectivity index (χ0v) is 16.0. The number of rotatable bonds is 7. The highest BCUT2D eigenvalue weighted by Crippen LogP contribution is 2.23. The van der Waals surface area contributed by atoms with Crippen molar-refractivity contribution >= 4 is 15.9 Å². The van der Waals surface area contributed by atoms with E-state index in [2.05, 4.69) is 10.6 Å². The number of nitrogens with one attached hydrogen (secondary N) is 2. The summed E-state index contributed by atoms with van der Waals surface area (Å²) in [6, 6.07) is 8.59. The second-order valence-corrected chi connectivity index (χ2v) is 9.30. The third-order valence-corrected chi connectivity index (χ3v) is 7.40. The highest BCUT2D eigenvalue weighted by Gasteiger charge is 2.29. The summed E-state index contributed by atoms with van der Waals surface area (Å²) in [6.07, 6.45) is 4.29. The smallest absolute Gasteiger partial charge is 0.243 e. The fraction of sp³-hybridized carbons (Fsp3) is 0.632. The summed E-state index contributed by atoms with van der Waals surface area (Å²) in [5.74, 6) is 1.11. The van der Waals surface area contributed by atoms with Gasteiger partial charge in [-0.25, -0.2) is 8.42 Å². The molecule has 0 spiro atoms. The molecule has 6 nitrogen and oxygen atoms in total. The van der Waals surface area contributed by atoms with E-state index in [-0.39, 0.29) is 5.91 Å². The van der Waals surface area contributed by atoms with E-state index < -0.39 is 10.0 Å². The Labute approximate surface area is 156 Å². The number of benzene rings is 1. The normalized spacial score (nSPS) is 22.4. The van der Waals surface area contributed by atoms with Crippen molar-refractivity contribution in [2.24, 2.45) is 11.8 Å². The quantitative estimate of drug-likeness (QED) is 0.754. The van der Waals surface area contributed by atoms with Gasteiger partial charge in [-0.05, 0) is 62.7 Å². The predicted octanol–water partition coefficient (Wildman–Crippen LogP) is 1.59. The summed E-state index contributed by atoms with van der Waals surface area (Å²) in [7, 11) is -3.39. The second-order valence-electron chi connectivity index (χ2n) is 7.36. The summed E-state index contributed by atoms with van der Waals surface area (Å²) < 4.78 is 26.8. The first-order valence-electron chi connectivity index (χ1n) is 9.58. The number of hydrogen-bond acceptors (Lipinski definition) is 4. The van der Waals surface area contributed by atoms with E-state index in [1.165, 1.54) is 6.42 Å². The summed E-state index contributed by atoms with van der Waals surface area (Å²) >= 11 is 0. The molecule has 2 aliphatic heterocycles. The molecule has 26 heavy (non-hydrogen) atoms. The zero-order valence-electron chi connectivity index (χ0n) is 15.2. The van der Waals surface area contributed by atoms with Gasteiger partial charge in [0.05, 0.1) is 4.90 Å². The lowest BCUT2D eigenvalue weighted by Gasteiger charge is -2.31. The number of amides is 1. The number of nitrogens with zero attached hydrogens (tertiary/aromatic N) is 1. The average molecular weight is 380 g/mol. The van der Waals surface area contributed by atoms with Gasteiger partial charge < -0.3 is 10.6 Å². The van der Waals surface area contributed by atoms with Gasteiger partial charge in [-0.1, -0.05) is 18.2 Å². The zero-order chi connectivity index (χ0) is 18.4. The van der Waals surface area contributed by atoms with Crippen LogP contribution in [0, 0.1) is 11.8 Å². The molecule has 1 unspecified atom stereocenters. The lowest BCUT2D eigenvalue weighted by atomic mass is 9.98. The van der Waals surface area contributed by atoms with Gasteiger partial charge in [0.2, 0.25) is 15.9 Å². The number of sulfonamides is 1. The molecule has 1 amide bonds. The van der Waals surface area contributed by atoms with Gasteiger partial charge in [0.15, 0.2) is 0 Å². The molecule has 0 saturated carbocycles. The van der Waals surface area contributed by atoms with Crippen LogP contribution in [0.3, 0.4) is 0 Å². The molecule has 2 aliphatic rings. The minimum absolute atomic E-state index is 0.122. The Balaban J connectivity index is 1.39. The molecule has 0 bridgehead atoms. The van der Waals surface area contributed by atoms with Gasteiger partial charge >= 0.3 is 0 Å². The Kier molecular flexibility index (Phi) is 6.67. The van der Waals surface area contributed by atoms with Crippen LogP contribution < -0.4 is 10.6 Å². The molecule has 0 aromatic heterocycles. The van der Waals surface area contributed by atoms with Crippen molar-refractivity contribution in [3.05, 3.63) is 30.3 Å². The molecule has 0 aliphatic carbocycles. The molecule has 3 rings (SSSR count). The topological polar surface area (TPSA) is 78.5 Å². The minimum atomic E-state index is -3.39. The maximum Gasteiger partial charge on any atom is 0.243 e. The maximum absolute atomic E-state index is 12.6. The van der Waals surface area contributed by atoms with Crippen LogP contribution in [0.1, 0.15) is 32.1 Å². The van der Waals surface area contributed by atoms with Crippen molar-refractivity contribution in [3.8, 4) is 0 Å². The van der Waals surface area contributed by atoms with Crippen LogP contribution >= 0.6 is 0 Å². The molecule has 1 atom stereocenters. The van der Waals surface area contributed by atoms with Crippen molar-refractivity contribution in [1.29, 1.82) is 0 Å². The molecular weight excluding hydrogens is 350 g/mol. The van der Waals surface area contributed by atoms with Crippen LogP contribution in [-0.2, 0) is 14.8 Å². The van der Waals surface area contributed by atoms with E-state index in [4.69, 9.17) is 0 Å². The van der Waals surface area contributed by atoms with E-state index in [9.17, 15) is 13.2 Å². The van der Waals surface area contributed by atoms with Crippen LogP contribution in [0.4, 0.5) is 0 Å². The van der Waals surface area contributed by atoms with Crippen LogP contribution in [-0.4, -0.2) is 51.4 Å². The van der Waals surface area contributed by atoms with Gasteiger partial charge in [-0.3, -0.25) is 4.79 Å². The van der Waals surface area contributed by atoms with Gasteiger partial charge in [0, 0.05) is 26.1 Å². The highest BCUT2D eigenvalue weighted by molar-refractivity contribution is 7.89. The van der Waals surface area contributed by atoms with Gasteiger partial charge in [-0.2, -0.15) is 4.31 Å². The number of piperidine rings is 1. The Morgan fingerprint density at radius 2 is 1.85 bits per heavy atom. The average Bonchev–Trinajstić information content (AvgIpc) is 3.19. The van der Waals surface area contributed by atoms with Gasteiger partial charge in [0.25, 0.3) is 0 Å². The summed E-state index contributed by atoms with van der Waals surface area (Å²) in [4.78, 5) is 12.4. The van der Waals surface area contributed by atoms with E-state index in [0.29, 0.717) is 42.8 Å². The summed E-state index contributed by atoms with van der Waals surface area (Å²) in [5.41, 5.74) is 0. The van der Waals surface area contributed by atoms with Gasteiger partial charge in [-0.15, -0.1) is 0 Å². The van der Waals surface area contributed by atoms with E-state index in [1.54, 1.807) is 28.6 Å². The van der Waals surface area contributed by atoms with E-state index in [1.807, 2.05) is 6.07 Å². The van der Waals surface area contributed by atoms with Crippen molar-refractivity contribution in [2.75, 3.05) is 32.7 Å². The van der Waals surface area contributed by atoms with Crippen molar-refractivity contribution in [3.63, 3.8) is 0 Å². The second kappa shape index (κ2) is 8.97. The fourth-order valence-electron chi connectivity index (χ4n) is 3.74. The van der Waals surface area contributed by atoms with Crippen molar-refractivity contribution in [1.82, 2.24) is 14.9 Å². The first-order valence-corrected chi connectivity index (χ1v) is 11.0. The lowest BCUT2D eigenvalue weighted by molar-refractivity contribution is -0.121. The van der Waals surface area contributed by atoms with Gasteiger partial charge in [0.1, 0.15) is 0 Å². The third kappa shape index (κ3) is 5.05. The van der Waals surface area contributed by atoms with Crippen LogP contribution in [0.5, 0.6) is 0 Å². The number of hydrogen-bond donors (Lipinski definition) is 2. The number of carbonyl (C=O) groups excluding carboxylic acids is 1. The summed E-state index contributed by atoms with van der Waals surface area (Å²) in [6.45, 7) is 3.79. The first-order chi connectivity index (χ1) is 12.6. The molecule has 1 aromatic carbocycles. The standard InChI is InChI=1S/C19H29N3O3S/c23-19(7-6-16-8-11-20-14-16)21-15-17-9-12-22(13-10-17)26(24,25)18-4-2-1-3-5-18/h1-5,16-17,20H,6-15H2,(H,21,23). The first kappa shape index (κ1) is 19.3. The van der Waals surface area contributed by atoms with Crippen molar-refractivity contribution < 1.29 is 13.2 Å². The molecule has 2 heterocycles. The predicted molar refractivity (Wildman–Crippen MR) is 101 cm³/mol.